The van der Waals surface area contributed by atoms with Gasteiger partial charge in [0.25, 0.3) is 0 Å². The maximum absolute atomic E-state index is 13.6. The van der Waals surface area contributed by atoms with Gasteiger partial charge in [0.15, 0.2) is 11.6 Å². The highest BCUT2D eigenvalue weighted by molar-refractivity contribution is 5.94. The highest BCUT2D eigenvalue weighted by Crippen LogP contribution is 2.17. The van der Waals surface area contributed by atoms with Crippen molar-refractivity contribution in [1.82, 2.24) is 9.97 Å². The number of ether oxygens (including phenoxy) is 1. The molecule has 0 bridgehead atoms. The lowest BCUT2D eigenvalue weighted by Crippen LogP contribution is -2.13. The van der Waals surface area contributed by atoms with Gasteiger partial charge < -0.3 is 10.1 Å². The number of aromatic nitrogens is 2. The summed E-state index contributed by atoms with van der Waals surface area (Å²) in [5, 5.41) is 2.82. The van der Waals surface area contributed by atoms with E-state index in [-0.39, 0.29) is 30.1 Å². The van der Waals surface area contributed by atoms with Crippen molar-refractivity contribution >= 4 is 11.8 Å². The van der Waals surface area contributed by atoms with Gasteiger partial charge in [-0.05, 0) is 19.9 Å². The van der Waals surface area contributed by atoms with Gasteiger partial charge >= 0.3 is 5.97 Å². The summed E-state index contributed by atoms with van der Waals surface area (Å²) >= 11 is 0. The Morgan fingerprint density at radius 3 is 2.86 bits per heavy atom. The first kappa shape index (κ1) is 15.8. The average Bonchev–Trinajstić information content (AvgIpc) is 2.49. The molecule has 1 N–H and O–H groups in total. The molecule has 0 atom stereocenters. The van der Waals surface area contributed by atoms with Gasteiger partial charge in [-0.1, -0.05) is 12.1 Å². The molecule has 0 aliphatic carbocycles. The topological polar surface area (TPSA) is 64.1 Å². The number of rotatable bonds is 5. The second-order valence-electron chi connectivity index (χ2n) is 4.47. The molecule has 0 saturated carbocycles. The highest BCUT2D eigenvalue weighted by Gasteiger charge is 2.16. The minimum absolute atomic E-state index is 0.0214. The lowest BCUT2D eigenvalue weighted by molar-refractivity contribution is 0.0526. The van der Waals surface area contributed by atoms with Crippen LogP contribution in [0.3, 0.4) is 0 Å². The molecule has 0 saturated heterocycles. The second-order valence-corrected chi connectivity index (χ2v) is 4.47. The Bertz CT molecular complexity index is 692. The number of benzene rings is 1. The van der Waals surface area contributed by atoms with Crippen molar-refractivity contribution in [3.05, 3.63) is 53.0 Å². The quantitative estimate of drug-likeness (QED) is 0.861. The first-order chi connectivity index (χ1) is 10.5. The Labute approximate surface area is 126 Å². The van der Waals surface area contributed by atoms with Crippen LogP contribution in [0.4, 0.5) is 14.6 Å². The van der Waals surface area contributed by atoms with Crippen LogP contribution in [0.15, 0.2) is 24.4 Å². The average molecular weight is 307 g/mol. The molecule has 0 amide bonds. The predicted octanol–water partition coefficient (Wildman–Crippen LogP) is 2.85. The molecule has 0 fully saturated rings. The molecule has 2 aromatic rings. The molecule has 7 heteroatoms. The molecule has 5 nitrogen and oxygen atoms in total. The van der Waals surface area contributed by atoms with Gasteiger partial charge in [0.2, 0.25) is 0 Å². The van der Waals surface area contributed by atoms with Crippen LogP contribution < -0.4 is 5.32 Å². The van der Waals surface area contributed by atoms with Crippen LogP contribution in [-0.2, 0) is 11.3 Å². The van der Waals surface area contributed by atoms with Gasteiger partial charge in [-0.15, -0.1) is 0 Å². The minimum atomic E-state index is -0.932. The molecular formula is C15H15F2N3O2. The maximum Gasteiger partial charge on any atom is 0.343 e. The third-order valence-corrected chi connectivity index (χ3v) is 2.88. The van der Waals surface area contributed by atoms with E-state index in [1.165, 1.54) is 18.3 Å². The summed E-state index contributed by atoms with van der Waals surface area (Å²) in [4.78, 5) is 19.9. The molecule has 0 radical (unpaired) electrons. The van der Waals surface area contributed by atoms with Crippen molar-refractivity contribution in [2.45, 2.75) is 20.4 Å². The van der Waals surface area contributed by atoms with Crippen LogP contribution in [0.2, 0.25) is 0 Å². The van der Waals surface area contributed by atoms with E-state index >= 15 is 0 Å². The number of carbonyl (C=O) groups excluding carboxylic acids is 1. The highest BCUT2D eigenvalue weighted by atomic mass is 19.2. The van der Waals surface area contributed by atoms with Crippen LogP contribution in [0.1, 0.15) is 28.7 Å². The van der Waals surface area contributed by atoms with Crippen LogP contribution in [0.5, 0.6) is 0 Å². The van der Waals surface area contributed by atoms with Crippen molar-refractivity contribution in [3.63, 3.8) is 0 Å². The van der Waals surface area contributed by atoms with Crippen molar-refractivity contribution in [2.75, 3.05) is 11.9 Å². The van der Waals surface area contributed by atoms with Gasteiger partial charge in [0.1, 0.15) is 17.2 Å². The van der Waals surface area contributed by atoms with E-state index in [0.717, 1.165) is 6.07 Å². The first-order valence-electron chi connectivity index (χ1n) is 6.70. The summed E-state index contributed by atoms with van der Waals surface area (Å²) in [5.41, 5.74) is 0.273. The number of aryl methyl sites for hydroxylation is 1. The normalized spacial score (nSPS) is 10.4. The number of hydrogen-bond acceptors (Lipinski definition) is 5. The Kier molecular flexibility index (Phi) is 4.98. The van der Waals surface area contributed by atoms with E-state index in [4.69, 9.17) is 4.74 Å². The summed E-state index contributed by atoms with van der Waals surface area (Å²) in [5.74, 6) is -1.78. The van der Waals surface area contributed by atoms with Crippen molar-refractivity contribution in [3.8, 4) is 0 Å². The number of anilines is 1. The predicted molar refractivity (Wildman–Crippen MR) is 76.4 cm³/mol. The fraction of sp³-hybridized carbons (Fsp3) is 0.267. The maximum atomic E-state index is 13.6. The van der Waals surface area contributed by atoms with E-state index in [1.807, 2.05) is 0 Å². The number of esters is 1. The van der Waals surface area contributed by atoms with E-state index in [9.17, 15) is 13.6 Å². The number of halogens is 2. The molecule has 1 aromatic carbocycles. The molecule has 0 aliphatic rings. The lowest BCUT2D eigenvalue weighted by Gasteiger charge is -2.11. The van der Waals surface area contributed by atoms with Gasteiger partial charge in [0.05, 0.1) is 6.61 Å². The number of nitrogens with zero attached hydrogens (tertiary/aromatic N) is 2. The molecule has 0 spiro atoms. The smallest absolute Gasteiger partial charge is 0.343 e. The standard InChI is InChI=1S/C15H15F2N3O2/c1-3-22-15(21)11-8-18-9(2)20-14(11)19-7-10-5-4-6-12(16)13(10)17/h4-6,8H,3,7H2,1-2H3,(H,18,19,20). The van der Waals surface area contributed by atoms with Crippen molar-refractivity contribution in [1.29, 1.82) is 0 Å². The Hall–Kier alpha value is -2.57. The molecule has 116 valence electrons. The van der Waals surface area contributed by atoms with Crippen LogP contribution >= 0.6 is 0 Å². The monoisotopic (exact) mass is 307 g/mol. The van der Waals surface area contributed by atoms with Gasteiger partial charge in [0, 0.05) is 18.3 Å². The van der Waals surface area contributed by atoms with Crippen molar-refractivity contribution < 1.29 is 18.3 Å². The Morgan fingerprint density at radius 1 is 1.36 bits per heavy atom. The van der Waals surface area contributed by atoms with Crippen LogP contribution in [0.25, 0.3) is 0 Å². The van der Waals surface area contributed by atoms with E-state index in [2.05, 4.69) is 15.3 Å². The Balaban J connectivity index is 2.23. The van der Waals surface area contributed by atoms with Gasteiger partial charge in [-0.2, -0.15) is 0 Å². The molecule has 1 heterocycles. The summed E-state index contributed by atoms with van der Waals surface area (Å²) < 4.78 is 31.7. The molecule has 1 aromatic heterocycles. The second kappa shape index (κ2) is 6.93. The van der Waals surface area contributed by atoms with E-state index < -0.39 is 17.6 Å². The zero-order valence-electron chi connectivity index (χ0n) is 12.2. The summed E-state index contributed by atoms with van der Waals surface area (Å²) in [6.45, 7) is 3.53. The largest absolute Gasteiger partial charge is 0.462 e. The SMILES string of the molecule is CCOC(=O)c1cnc(C)nc1NCc1cccc(F)c1F. The van der Waals surface area contributed by atoms with Crippen LogP contribution in [0, 0.1) is 18.6 Å². The number of hydrogen-bond donors (Lipinski definition) is 1. The molecule has 2 rings (SSSR count). The fourth-order valence-corrected chi connectivity index (χ4v) is 1.83. The number of nitrogens with one attached hydrogen (secondary N) is 1. The fourth-order valence-electron chi connectivity index (χ4n) is 1.83. The molecule has 0 unspecified atom stereocenters. The zero-order chi connectivity index (χ0) is 16.1. The van der Waals surface area contributed by atoms with E-state index in [0.29, 0.717) is 5.82 Å². The van der Waals surface area contributed by atoms with Gasteiger partial charge in [-0.25, -0.2) is 23.5 Å². The molecule has 22 heavy (non-hydrogen) atoms. The first-order valence-corrected chi connectivity index (χ1v) is 6.70. The van der Waals surface area contributed by atoms with Gasteiger partial charge in [-0.3, -0.25) is 0 Å². The third kappa shape index (κ3) is 3.55. The minimum Gasteiger partial charge on any atom is -0.462 e. The Morgan fingerprint density at radius 2 is 2.14 bits per heavy atom. The van der Waals surface area contributed by atoms with Crippen LogP contribution in [-0.4, -0.2) is 22.5 Å². The third-order valence-electron chi connectivity index (χ3n) is 2.88. The lowest BCUT2D eigenvalue weighted by atomic mass is 10.2. The molecular weight excluding hydrogens is 292 g/mol. The summed E-state index contributed by atoms with van der Waals surface area (Å²) in [6.07, 6.45) is 1.34. The molecule has 0 aliphatic heterocycles. The summed E-state index contributed by atoms with van der Waals surface area (Å²) in [6, 6.07) is 3.90. The van der Waals surface area contributed by atoms with E-state index in [1.54, 1.807) is 13.8 Å². The zero-order valence-corrected chi connectivity index (χ0v) is 12.2. The number of carbonyl (C=O) groups is 1. The van der Waals surface area contributed by atoms with Crippen molar-refractivity contribution in [2.24, 2.45) is 0 Å². The summed E-state index contributed by atoms with van der Waals surface area (Å²) in [7, 11) is 0.